The van der Waals surface area contributed by atoms with E-state index in [9.17, 15) is 9.59 Å². The molecule has 0 spiro atoms. The summed E-state index contributed by atoms with van der Waals surface area (Å²) in [6.07, 6.45) is 5.38. The standard InChI is InChI=1S/C27H36N4O4/c1-18-14-31(15-20-6-5-11-28-13-20)19(2)17-35-24-10-9-22(29-26(32)21-7-8-21)12-23(24)27(33)30(3)16-25(18)34-4/h5-6,9-13,18-19,21,25H,7-8,14-17H2,1-4H3,(H,29,32)/t18-,19+,25+/m0/s1. The van der Waals surface area contributed by atoms with Gasteiger partial charge < -0.3 is 19.7 Å². The predicted molar refractivity (Wildman–Crippen MR) is 134 cm³/mol. The van der Waals surface area contributed by atoms with Gasteiger partial charge in [-0.1, -0.05) is 13.0 Å². The first-order valence-electron chi connectivity index (χ1n) is 12.3. The zero-order chi connectivity index (χ0) is 24.9. The van der Waals surface area contributed by atoms with Crippen molar-refractivity contribution in [3.8, 4) is 5.75 Å². The summed E-state index contributed by atoms with van der Waals surface area (Å²) in [6.45, 7) is 6.69. The predicted octanol–water partition coefficient (Wildman–Crippen LogP) is 3.44. The number of hydrogen-bond acceptors (Lipinski definition) is 6. The molecule has 2 amide bonds. The Labute approximate surface area is 207 Å². The minimum Gasteiger partial charge on any atom is -0.491 e. The summed E-state index contributed by atoms with van der Waals surface area (Å²) in [5.74, 6) is 0.630. The third-order valence-electron chi connectivity index (χ3n) is 6.90. The average Bonchev–Trinajstić information content (AvgIpc) is 3.71. The fourth-order valence-corrected chi connectivity index (χ4v) is 4.47. The first-order valence-corrected chi connectivity index (χ1v) is 12.3. The normalized spacial score (nSPS) is 24.1. The average molecular weight is 481 g/mol. The van der Waals surface area contributed by atoms with E-state index in [0.717, 1.165) is 31.5 Å². The number of methoxy groups -OCH3 is 1. The van der Waals surface area contributed by atoms with Gasteiger partial charge in [-0.3, -0.25) is 19.5 Å². The van der Waals surface area contributed by atoms with Gasteiger partial charge in [-0.15, -0.1) is 0 Å². The Morgan fingerprint density at radius 2 is 2.03 bits per heavy atom. The molecule has 1 aromatic carbocycles. The Morgan fingerprint density at radius 3 is 2.71 bits per heavy atom. The van der Waals surface area contributed by atoms with Crippen LogP contribution in [0.25, 0.3) is 0 Å². The van der Waals surface area contributed by atoms with Gasteiger partial charge in [0.2, 0.25) is 5.91 Å². The topological polar surface area (TPSA) is 84.0 Å². The Morgan fingerprint density at radius 1 is 1.23 bits per heavy atom. The van der Waals surface area contributed by atoms with Crippen LogP contribution in [-0.4, -0.2) is 72.6 Å². The van der Waals surface area contributed by atoms with E-state index in [1.165, 1.54) is 0 Å². The minimum atomic E-state index is -0.155. The van der Waals surface area contributed by atoms with E-state index in [1.54, 1.807) is 43.5 Å². The van der Waals surface area contributed by atoms with E-state index < -0.39 is 0 Å². The number of hydrogen-bond donors (Lipinski definition) is 1. The fraction of sp³-hybridized carbons (Fsp3) is 0.519. The molecule has 35 heavy (non-hydrogen) atoms. The lowest BCUT2D eigenvalue weighted by Gasteiger charge is -2.36. The summed E-state index contributed by atoms with van der Waals surface area (Å²) in [6, 6.07) is 9.42. The van der Waals surface area contributed by atoms with Crippen molar-refractivity contribution in [2.75, 3.05) is 39.2 Å². The molecule has 188 valence electrons. The van der Waals surface area contributed by atoms with Gasteiger partial charge in [-0.05, 0) is 55.5 Å². The van der Waals surface area contributed by atoms with Crippen LogP contribution < -0.4 is 10.1 Å². The highest BCUT2D eigenvalue weighted by Crippen LogP contribution is 2.31. The van der Waals surface area contributed by atoms with Gasteiger partial charge in [-0.2, -0.15) is 0 Å². The Kier molecular flexibility index (Phi) is 8.03. The van der Waals surface area contributed by atoms with Crippen molar-refractivity contribution in [1.29, 1.82) is 0 Å². The van der Waals surface area contributed by atoms with Crippen LogP contribution in [0.5, 0.6) is 5.75 Å². The van der Waals surface area contributed by atoms with Crippen molar-refractivity contribution < 1.29 is 19.1 Å². The van der Waals surface area contributed by atoms with Crippen LogP contribution in [0.2, 0.25) is 0 Å². The summed E-state index contributed by atoms with van der Waals surface area (Å²) >= 11 is 0. The molecule has 0 bridgehead atoms. The number of aromatic nitrogens is 1. The van der Waals surface area contributed by atoms with Crippen molar-refractivity contribution in [1.82, 2.24) is 14.8 Å². The zero-order valence-corrected chi connectivity index (χ0v) is 21.1. The van der Waals surface area contributed by atoms with Gasteiger partial charge in [0.1, 0.15) is 12.4 Å². The molecule has 8 heteroatoms. The lowest BCUT2D eigenvalue weighted by molar-refractivity contribution is -0.117. The smallest absolute Gasteiger partial charge is 0.257 e. The van der Waals surface area contributed by atoms with E-state index in [4.69, 9.17) is 9.47 Å². The summed E-state index contributed by atoms with van der Waals surface area (Å²) in [4.78, 5) is 34.0. The van der Waals surface area contributed by atoms with Gasteiger partial charge in [0.15, 0.2) is 0 Å². The van der Waals surface area contributed by atoms with E-state index in [0.29, 0.717) is 30.2 Å². The lowest BCUT2D eigenvalue weighted by Crippen LogP contribution is -2.46. The second kappa shape index (κ2) is 11.2. The van der Waals surface area contributed by atoms with Crippen molar-refractivity contribution >= 4 is 17.5 Å². The third kappa shape index (κ3) is 6.38. The maximum Gasteiger partial charge on any atom is 0.257 e. The number of amides is 2. The van der Waals surface area contributed by atoms with Crippen LogP contribution in [0.15, 0.2) is 42.7 Å². The van der Waals surface area contributed by atoms with Gasteiger partial charge in [-0.25, -0.2) is 0 Å². The van der Waals surface area contributed by atoms with Crippen molar-refractivity contribution in [2.24, 2.45) is 11.8 Å². The number of fused-ring (bicyclic) bond motifs is 1. The number of rotatable bonds is 5. The number of anilines is 1. The van der Waals surface area contributed by atoms with Gasteiger partial charge in [0.25, 0.3) is 5.91 Å². The molecule has 0 saturated heterocycles. The largest absolute Gasteiger partial charge is 0.491 e. The number of nitrogens with one attached hydrogen (secondary N) is 1. The molecular formula is C27H36N4O4. The second-order valence-corrected chi connectivity index (χ2v) is 9.86. The molecule has 8 nitrogen and oxygen atoms in total. The molecule has 1 saturated carbocycles. The monoisotopic (exact) mass is 480 g/mol. The molecular weight excluding hydrogens is 444 g/mol. The number of carbonyl (C=O) groups excluding carboxylic acids is 2. The Balaban J connectivity index is 1.61. The Bertz CT molecular complexity index is 1030. The van der Waals surface area contributed by atoms with Crippen molar-refractivity contribution in [2.45, 2.75) is 45.4 Å². The summed E-state index contributed by atoms with van der Waals surface area (Å²) in [5, 5.41) is 2.94. The van der Waals surface area contributed by atoms with Gasteiger partial charge in [0, 0.05) is 63.8 Å². The van der Waals surface area contributed by atoms with E-state index in [2.05, 4.69) is 35.1 Å². The summed E-state index contributed by atoms with van der Waals surface area (Å²) in [5.41, 5.74) is 2.19. The highest BCUT2D eigenvalue weighted by atomic mass is 16.5. The highest BCUT2D eigenvalue weighted by Gasteiger charge is 2.31. The van der Waals surface area contributed by atoms with Crippen LogP contribution in [0.4, 0.5) is 5.69 Å². The Hall–Kier alpha value is -2.97. The van der Waals surface area contributed by atoms with E-state index in [-0.39, 0.29) is 35.8 Å². The second-order valence-electron chi connectivity index (χ2n) is 9.86. The SMILES string of the molecule is CO[C@@H]1CN(C)C(=O)c2cc(NC(=O)C3CC3)ccc2OC[C@@H](C)N(Cc2cccnc2)C[C@@H]1C. The molecule has 1 N–H and O–H groups in total. The third-order valence-corrected chi connectivity index (χ3v) is 6.90. The molecule has 0 unspecified atom stereocenters. The molecule has 2 aromatic rings. The van der Waals surface area contributed by atoms with Gasteiger partial charge in [0.05, 0.1) is 11.7 Å². The summed E-state index contributed by atoms with van der Waals surface area (Å²) < 4.78 is 12.1. The van der Waals surface area contributed by atoms with Crippen LogP contribution >= 0.6 is 0 Å². The van der Waals surface area contributed by atoms with E-state index >= 15 is 0 Å². The van der Waals surface area contributed by atoms with Crippen LogP contribution in [0, 0.1) is 11.8 Å². The maximum absolute atomic E-state index is 13.5. The van der Waals surface area contributed by atoms with E-state index in [1.807, 2.05) is 12.3 Å². The fourth-order valence-electron chi connectivity index (χ4n) is 4.47. The number of likely N-dealkylation sites (N-methyl/N-ethyl adjacent to an activating group) is 1. The van der Waals surface area contributed by atoms with Gasteiger partial charge >= 0.3 is 0 Å². The minimum absolute atomic E-state index is 0.00719. The quantitative estimate of drug-likeness (QED) is 0.706. The highest BCUT2D eigenvalue weighted by molar-refractivity contribution is 6.00. The first-order chi connectivity index (χ1) is 16.9. The molecule has 0 radical (unpaired) electrons. The lowest BCUT2D eigenvalue weighted by atomic mass is 10.0. The molecule has 1 aliphatic carbocycles. The number of carbonyl (C=O) groups is 2. The number of ether oxygens (including phenoxy) is 2. The molecule has 3 atom stereocenters. The van der Waals surface area contributed by atoms with Crippen molar-refractivity contribution in [3.63, 3.8) is 0 Å². The number of nitrogens with zero attached hydrogens (tertiary/aromatic N) is 3. The van der Waals surface area contributed by atoms with Crippen LogP contribution in [0.3, 0.4) is 0 Å². The molecule has 1 aliphatic heterocycles. The summed E-state index contributed by atoms with van der Waals surface area (Å²) in [7, 11) is 3.48. The van der Waals surface area contributed by atoms with Crippen molar-refractivity contribution in [3.05, 3.63) is 53.9 Å². The molecule has 1 aromatic heterocycles. The molecule has 2 heterocycles. The van der Waals surface area contributed by atoms with Crippen LogP contribution in [-0.2, 0) is 16.1 Å². The van der Waals surface area contributed by atoms with Crippen LogP contribution in [0.1, 0.15) is 42.6 Å². The maximum atomic E-state index is 13.5. The molecule has 1 fully saturated rings. The molecule has 2 aliphatic rings. The zero-order valence-electron chi connectivity index (χ0n) is 21.1. The first kappa shape index (κ1) is 25.1. The molecule has 4 rings (SSSR count). The number of pyridine rings is 1. The number of benzene rings is 1.